The third-order valence-corrected chi connectivity index (χ3v) is 3.37. The number of carbonyl (C=O) groups excluding carboxylic acids is 1. The first kappa shape index (κ1) is 11.0. The molecule has 1 saturated carbocycles. The van der Waals surface area contributed by atoms with Crippen molar-refractivity contribution in [3.05, 3.63) is 71.8 Å². The van der Waals surface area contributed by atoms with E-state index in [4.69, 9.17) is 0 Å². The van der Waals surface area contributed by atoms with Gasteiger partial charge in [-0.15, -0.1) is 0 Å². The summed E-state index contributed by atoms with van der Waals surface area (Å²) in [5.41, 5.74) is 2.05. The molecular weight excluding hydrogens is 222 g/mol. The molecule has 1 amide bonds. The molecule has 0 heterocycles. The van der Waals surface area contributed by atoms with Crippen LogP contribution in [0.5, 0.6) is 0 Å². The van der Waals surface area contributed by atoms with Gasteiger partial charge in [0.2, 0.25) is 0 Å². The molecule has 0 saturated heterocycles. The van der Waals surface area contributed by atoms with E-state index in [1.165, 1.54) is 5.56 Å². The van der Waals surface area contributed by atoms with Gasteiger partial charge in [-0.3, -0.25) is 4.79 Å². The van der Waals surface area contributed by atoms with Gasteiger partial charge in [0.05, 0.1) is 0 Å². The Morgan fingerprint density at radius 2 is 1.56 bits per heavy atom. The fourth-order valence-corrected chi connectivity index (χ4v) is 2.26. The Hall–Kier alpha value is -2.09. The molecule has 2 heteroatoms. The summed E-state index contributed by atoms with van der Waals surface area (Å²) >= 11 is 0. The van der Waals surface area contributed by atoms with Crippen molar-refractivity contribution in [3.63, 3.8) is 0 Å². The standard InChI is InChI=1S/C16H15NO/c18-16(13-9-5-2-6-10-13)17-15-11-14(15)12-7-3-1-4-8-12/h1-10,14-15H,11H2,(H,17,18)/t14-,15+/m0/s1. The van der Waals surface area contributed by atoms with Gasteiger partial charge >= 0.3 is 0 Å². The smallest absolute Gasteiger partial charge is 0.251 e. The number of nitrogens with one attached hydrogen (secondary N) is 1. The van der Waals surface area contributed by atoms with E-state index in [9.17, 15) is 4.79 Å². The summed E-state index contributed by atoms with van der Waals surface area (Å²) in [6, 6.07) is 20.0. The van der Waals surface area contributed by atoms with Gasteiger partial charge in [0.1, 0.15) is 0 Å². The van der Waals surface area contributed by atoms with Gasteiger partial charge in [-0.2, -0.15) is 0 Å². The fraction of sp³-hybridized carbons (Fsp3) is 0.188. The van der Waals surface area contributed by atoms with Crippen molar-refractivity contribution in [1.82, 2.24) is 5.32 Å². The second kappa shape index (κ2) is 4.65. The monoisotopic (exact) mass is 237 g/mol. The molecule has 1 aliphatic carbocycles. The number of benzene rings is 2. The van der Waals surface area contributed by atoms with Crippen molar-refractivity contribution in [2.24, 2.45) is 0 Å². The van der Waals surface area contributed by atoms with E-state index in [1.54, 1.807) is 0 Å². The van der Waals surface area contributed by atoms with E-state index < -0.39 is 0 Å². The Kier molecular flexibility index (Phi) is 2.85. The van der Waals surface area contributed by atoms with E-state index >= 15 is 0 Å². The lowest BCUT2D eigenvalue weighted by Crippen LogP contribution is -2.26. The number of rotatable bonds is 3. The molecule has 2 aromatic rings. The van der Waals surface area contributed by atoms with E-state index in [2.05, 4.69) is 17.4 Å². The van der Waals surface area contributed by atoms with Crippen LogP contribution in [0.3, 0.4) is 0 Å². The summed E-state index contributed by atoms with van der Waals surface area (Å²) < 4.78 is 0. The van der Waals surface area contributed by atoms with Crippen molar-refractivity contribution >= 4 is 5.91 Å². The summed E-state index contributed by atoms with van der Waals surface area (Å²) in [4.78, 5) is 12.0. The maximum atomic E-state index is 12.0. The zero-order valence-electron chi connectivity index (χ0n) is 10.0. The van der Waals surface area contributed by atoms with Crippen LogP contribution in [0.4, 0.5) is 0 Å². The molecule has 0 aromatic heterocycles. The SMILES string of the molecule is O=C(N[C@@H]1C[C@H]1c1ccccc1)c1ccccc1. The van der Waals surface area contributed by atoms with Crippen LogP contribution < -0.4 is 5.32 Å². The van der Waals surface area contributed by atoms with Gasteiger partial charge in [-0.25, -0.2) is 0 Å². The normalized spacial score (nSPS) is 21.3. The first-order chi connectivity index (χ1) is 8.84. The summed E-state index contributed by atoms with van der Waals surface area (Å²) in [7, 11) is 0. The number of hydrogen-bond donors (Lipinski definition) is 1. The molecule has 0 unspecified atom stereocenters. The van der Waals surface area contributed by atoms with Gasteiger partial charge in [0, 0.05) is 17.5 Å². The molecule has 0 aliphatic heterocycles. The molecule has 2 nitrogen and oxygen atoms in total. The van der Waals surface area contributed by atoms with Gasteiger partial charge < -0.3 is 5.32 Å². The van der Waals surface area contributed by atoms with Crippen LogP contribution >= 0.6 is 0 Å². The Morgan fingerprint density at radius 3 is 2.22 bits per heavy atom. The van der Waals surface area contributed by atoms with Crippen LogP contribution in [-0.4, -0.2) is 11.9 Å². The first-order valence-corrected chi connectivity index (χ1v) is 6.25. The quantitative estimate of drug-likeness (QED) is 0.873. The van der Waals surface area contributed by atoms with Crippen molar-refractivity contribution in [3.8, 4) is 0 Å². The average molecular weight is 237 g/mol. The molecule has 90 valence electrons. The lowest BCUT2D eigenvalue weighted by atomic mass is 10.1. The van der Waals surface area contributed by atoms with E-state index in [0.29, 0.717) is 12.0 Å². The van der Waals surface area contributed by atoms with Crippen LogP contribution in [0.15, 0.2) is 60.7 Å². The van der Waals surface area contributed by atoms with Gasteiger partial charge in [0.15, 0.2) is 0 Å². The minimum absolute atomic E-state index is 0.0269. The third-order valence-electron chi connectivity index (χ3n) is 3.37. The highest BCUT2D eigenvalue weighted by Gasteiger charge is 2.39. The number of carbonyl (C=O) groups is 1. The van der Waals surface area contributed by atoms with Crippen LogP contribution in [0.1, 0.15) is 28.3 Å². The van der Waals surface area contributed by atoms with Crippen LogP contribution in [-0.2, 0) is 0 Å². The average Bonchev–Trinajstić information content (AvgIpc) is 3.20. The molecule has 2 aromatic carbocycles. The fourth-order valence-electron chi connectivity index (χ4n) is 2.26. The lowest BCUT2D eigenvalue weighted by molar-refractivity contribution is 0.0950. The van der Waals surface area contributed by atoms with Gasteiger partial charge in [-0.05, 0) is 24.1 Å². The number of hydrogen-bond acceptors (Lipinski definition) is 1. The summed E-state index contributed by atoms with van der Waals surface area (Å²) in [5, 5.41) is 3.08. The summed E-state index contributed by atoms with van der Waals surface area (Å²) in [6.07, 6.45) is 1.04. The Labute approximate surface area is 107 Å². The predicted molar refractivity (Wildman–Crippen MR) is 71.5 cm³/mol. The topological polar surface area (TPSA) is 29.1 Å². The van der Waals surface area contributed by atoms with Crippen molar-refractivity contribution in [2.45, 2.75) is 18.4 Å². The molecule has 1 fully saturated rings. The highest BCUT2D eigenvalue weighted by atomic mass is 16.1. The number of amides is 1. The summed E-state index contributed by atoms with van der Waals surface area (Å²) in [6.45, 7) is 0. The van der Waals surface area contributed by atoms with Gasteiger partial charge in [0.25, 0.3) is 5.91 Å². The lowest BCUT2D eigenvalue weighted by Gasteiger charge is -2.04. The maximum Gasteiger partial charge on any atom is 0.251 e. The molecule has 0 bridgehead atoms. The Morgan fingerprint density at radius 1 is 0.944 bits per heavy atom. The van der Waals surface area contributed by atoms with Crippen LogP contribution in [0.2, 0.25) is 0 Å². The second-order valence-electron chi connectivity index (χ2n) is 4.70. The molecule has 1 aliphatic rings. The molecule has 1 N–H and O–H groups in total. The van der Waals surface area contributed by atoms with E-state index in [1.807, 2.05) is 48.5 Å². The first-order valence-electron chi connectivity index (χ1n) is 6.25. The second-order valence-corrected chi connectivity index (χ2v) is 4.70. The van der Waals surface area contributed by atoms with Crippen LogP contribution in [0.25, 0.3) is 0 Å². The highest BCUT2D eigenvalue weighted by molar-refractivity contribution is 5.94. The van der Waals surface area contributed by atoms with Crippen molar-refractivity contribution in [2.75, 3.05) is 0 Å². The molecule has 0 spiro atoms. The minimum Gasteiger partial charge on any atom is -0.349 e. The molecule has 3 rings (SSSR count). The maximum absolute atomic E-state index is 12.0. The Balaban J connectivity index is 1.62. The largest absolute Gasteiger partial charge is 0.349 e. The summed E-state index contributed by atoms with van der Waals surface area (Å²) in [5.74, 6) is 0.512. The van der Waals surface area contributed by atoms with Crippen molar-refractivity contribution in [1.29, 1.82) is 0 Å². The molecule has 18 heavy (non-hydrogen) atoms. The third kappa shape index (κ3) is 2.28. The zero-order chi connectivity index (χ0) is 12.4. The molecule has 0 radical (unpaired) electrons. The van der Waals surface area contributed by atoms with E-state index in [0.717, 1.165) is 12.0 Å². The molecular formula is C16H15NO. The molecule has 2 atom stereocenters. The van der Waals surface area contributed by atoms with Gasteiger partial charge in [-0.1, -0.05) is 48.5 Å². The predicted octanol–water partition coefficient (Wildman–Crippen LogP) is 2.97. The van der Waals surface area contributed by atoms with Crippen LogP contribution in [0, 0.1) is 0 Å². The van der Waals surface area contributed by atoms with E-state index in [-0.39, 0.29) is 5.91 Å². The Bertz CT molecular complexity index is 536. The highest BCUT2D eigenvalue weighted by Crippen LogP contribution is 2.40. The zero-order valence-corrected chi connectivity index (χ0v) is 10.0. The minimum atomic E-state index is 0.0269. The van der Waals surface area contributed by atoms with Crippen molar-refractivity contribution < 1.29 is 4.79 Å².